The van der Waals surface area contributed by atoms with Gasteiger partial charge in [-0.25, -0.2) is 0 Å². The van der Waals surface area contributed by atoms with Crippen molar-refractivity contribution >= 4 is 33.5 Å². The first-order chi connectivity index (χ1) is 9.54. The van der Waals surface area contributed by atoms with E-state index in [-0.39, 0.29) is 11.9 Å². The second kappa shape index (κ2) is 6.71. The number of nitrogens with one attached hydrogen (secondary N) is 4. The fraction of sp³-hybridized carbons (Fsp3) is 0.385. The molecule has 0 saturated carbocycles. The summed E-state index contributed by atoms with van der Waals surface area (Å²) in [7, 11) is 2.07. The summed E-state index contributed by atoms with van der Waals surface area (Å²) in [6, 6.07) is 7.56. The van der Waals surface area contributed by atoms with Gasteiger partial charge in [-0.1, -0.05) is 15.9 Å². The average Bonchev–Trinajstić information content (AvgIpc) is 2.42. The molecule has 1 aromatic carbocycles. The summed E-state index contributed by atoms with van der Waals surface area (Å²) in [6.45, 7) is 3.51. The number of piperazine rings is 1. The van der Waals surface area contributed by atoms with Crippen LogP contribution in [0.15, 0.2) is 28.7 Å². The molecule has 0 radical (unpaired) electrons. The lowest BCUT2D eigenvalue weighted by atomic mass is 10.3. The van der Waals surface area contributed by atoms with E-state index in [9.17, 15) is 0 Å². The fourth-order valence-corrected chi connectivity index (χ4v) is 2.20. The SMILES string of the molecule is CN1CCN(C(=N)NC(=N)Nc2ccc(Br)cc2)CC1. The minimum Gasteiger partial charge on any atom is -0.340 e. The number of rotatable bonds is 1. The van der Waals surface area contributed by atoms with Gasteiger partial charge in [-0.3, -0.25) is 16.1 Å². The van der Waals surface area contributed by atoms with E-state index in [4.69, 9.17) is 10.8 Å². The van der Waals surface area contributed by atoms with Gasteiger partial charge >= 0.3 is 0 Å². The highest BCUT2D eigenvalue weighted by atomic mass is 79.9. The molecule has 1 aromatic rings. The van der Waals surface area contributed by atoms with Crippen LogP contribution in [0.25, 0.3) is 0 Å². The van der Waals surface area contributed by atoms with Crippen LogP contribution in [-0.2, 0) is 0 Å². The van der Waals surface area contributed by atoms with Crippen LogP contribution in [0.2, 0.25) is 0 Å². The second-order valence-electron chi connectivity index (χ2n) is 4.77. The number of likely N-dealkylation sites (N-methyl/N-ethyl adjacent to an activating group) is 1. The molecule has 4 N–H and O–H groups in total. The van der Waals surface area contributed by atoms with Crippen molar-refractivity contribution in [1.82, 2.24) is 15.1 Å². The maximum Gasteiger partial charge on any atom is 0.199 e. The number of hydrogen-bond donors (Lipinski definition) is 4. The van der Waals surface area contributed by atoms with E-state index in [0.29, 0.717) is 0 Å². The summed E-state index contributed by atoms with van der Waals surface area (Å²) in [4.78, 5) is 4.17. The van der Waals surface area contributed by atoms with Crippen LogP contribution in [0.4, 0.5) is 5.69 Å². The Labute approximate surface area is 127 Å². The quantitative estimate of drug-likeness (QED) is 0.463. The molecule has 0 bridgehead atoms. The lowest BCUT2D eigenvalue weighted by Crippen LogP contribution is -2.52. The molecule has 1 heterocycles. The molecule has 0 unspecified atom stereocenters. The maximum atomic E-state index is 7.99. The molecule has 6 nitrogen and oxygen atoms in total. The molecule has 0 atom stereocenters. The minimum atomic E-state index is 0.108. The highest BCUT2D eigenvalue weighted by Crippen LogP contribution is 2.13. The van der Waals surface area contributed by atoms with Crippen molar-refractivity contribution in [2.75, 3.05) is 38.5 Å². The molecule has 20 heavy (non-hydrogen) atoms. The molecular weight excluding hydrogens is 320 g/mol. The number of hydrogen-bond acceptors (Lipinski definition) is 3. The Morgan fingerprint density at radius 3 is 2.30 bits per heavy atom. The lowest BCUT2D eigenvalue weighted by molar-refractivity contribution is 0.212. The summed E-state index contributed by atoms with van der Waals surface area (Å²) in [5.41, 5.74) is 0.817. The van der Waals surface area contributed by atoms with Crippen LogP contribution >= 0.6 is 15.9 Å². The number of nitrogens with zero attached hydrogens (tertiary/aromatic N) is 2. The van der Waals surface area contributed by atoms with Gasteiger partial charge in [0.05, 0.1) is 0 Å². The molecule has 1 aliphatic rings. The van der Waals surface area contributed by atoms with Crippen LogP contribution in [0.1, 0.15) is 0 Å². The first-order valence-electron chi connectivity index (χ1n) is 6.45. The van der Waals surface area contributed by atoms with Gasteiger partial charge < -0.3 is 15.1 Å². The Kier molecular flexibility index (Phi) is 4.97. The molecule has 108 valence electrons. The monoisotopic (exact) mass is 338 g/mol. The molecule has 1 fully saturated rings. The third-order valence-electron chi connectivity index (χ3n) is 3.18. The van der Waals surface area contributed by atoms with Crippen molar-refractivity contribution in [3.8, 4) is 0 Å². The number of benzene rings is 1. The standard InChI is InChI=1S/C13H19BrN6/c1-19-6-8-20(9-7-19)13(16)18-12(15)17-11-4-2-10(14)3-5-11/h2-5H,6-9H2,1H3,(H4,15,16,17,18). The largest absolute Gasteiger partial charge is 0.340 e. The van der Waals surface area contributed by atoms with Gasteiger partial charge in [0.1, 0.15) is 0 Å². The van der Waals surface area contributed by atoms with Crippen molar-refractivity contribution in [1.29, 1.82) is 10.8 Å². The maximum absolute atomic E-state index is 7.99. The highest BCUT2D eigenvalue weighted by molar-refractivity contribution is 9.10. The third kappa shape index (κ3) is 4.21. The van der Waals surface area contributed by atoms with Gasteiger partial charge in [-0.15, -0.1) is 0 Å². The summed E-state index contributed by atoms with van der Waals surface area (Å²) in [6.07, 6.45) is 0. The van der Waals surface area contributed by atoms with Crippen LogP contribution in [0.3, 0.4) is 0 Å². The zero-order valence-corrected chi connectivity index (χ0v) is 13.0. The molecule has 7 heteroatoms. The summed E-state index contributed by atoms with van der Waals surface area (Å²) < 4.78 is 0.993. The smallest absolute Gasteiger partial charge is 0.199 e. The fourth-order valence-electron chi connectivity index (χ4n) is 1.94. The first-order valence-corrected chi connectivity index (χ1v) is 7.24. The summed E-state index contributed by atoms with van der Waals surface area (Å²) in [5.74, 6) is 0.379. The van der Waals surface area contributed by atoms with E-state index in [1.165, 1.54) is 0 Å². The van der Waals surface area contributed by atoms with E-state index in [2.05, 4.69) is 38.5 Å². The van der Waals surface area contributed by atoms with Gasteiger partial charge in [0, 0.05) is 36.3 Å². The van der Waals surface area contributed by atoms with Crippen LogP contribution < -0.4 is 10.6 Å². The predicted molar refractivity (Wildman–Crippen MR) is 85.4 cm³/mol. The molecule has 0 spiro atoms. The number of halogens is 1. The predicted octanol–water partition coefficient (Wildman–Crippen LogP) is 1.57. The molecule has 0 aromatic heterocycles. The molecule has 1 saturated heterocycles. The van der Waals surface area contributed by atoms with Gasteiger partial charge in [0.25, 0.3) is 0 Å². The molecule has 0 aliphatic carbocycles. The third-order valence-corrected chi connectivity index (χ3v) is 3.71. The van der Waals surface area contributed by atoms with Gasteiger partial charge in [-0.05, 0) is 31.3 Å². The molecular formula is C13H19BrN6. The number of anilines is 1. The normalized spacial score (nSPS) is 15.8. The van der Waals surface area contributed by atoms with E-state index in [1.807, 2.05) is 29.2 Å². The minimum absolute atomic E-state index is 0.108. The topological polar surface area (TPSA) is 78.2 Å². The van der Waals surface area contributed by atoms with Crippen molar-refractivity contribution in [3.63, 3.8) is 0 Å². The van der Waals surface area contributed by atoms with Crippen molar-refractivity contribution in [2.45, 2.75) is 0 Å². The summed E-state index contributed by atoms with van der Waals surface area (Å²) in [5, 5.41) is 21.5. The molecule has 1 aliphatic heterocycles. The number of guanidine groups is 2. The van der Waals surface area contributed by atoms with Crippen molar-refractivity contribution in [2.24, 2.45) is 0 Å². The Morgan fingerprint density at radius 2 is 1.70 bits per heavy atom. The second-order valence-corrected chi connectivity index (χ2v) is 5.69. The Morgan fingerprint density at radius 1 is 1.10 bits per heavy atom. The zero-order valence-electron chi connectivity index (χ0n) is 11.4. The lowest BCUT2D eigenvalue weighted by Gasteiger charge is -2.34. The van der Waals surface area contributed by atoms with Crippen molar-refractivity contribution < 1.29 is 0 Å². The van der Waals surface area contributed by atoms with E-state index < -0.39 is 0 Å². The first kappa shape index (κ1) is 14.8. The Hall–Kier alpha value is -1.60. The van der Waals surface area contributed by atoms with Gasteiger partial charge in [-0.2, -0.15) is 0 Å². The van der Waals surface area contributed by atoms with Crippen LogP contribution in [-0.4, -0.2) is 54.9 Å². The Bertz CT molecular complexity index is 478. The Balaban J connectivity index is 1.82. The average molecular weight is 339 g/mol. The van der Waals surface area contributed by atoms with Crippen LogP contribution in [0, 0.1) is 10.8 Å². The van der Waals surface area contributed by atoms with Crippen LogP contribution in [0.5, 0.6) is 0 Å². The highest BCUT2D eigenvalue weighted by Gasteiger charge is 2.16. The van der Waals surface area contributed by atoms with E-state index in [1.54, 1.807) is 0 Å². The molecule has 0 amide bonds. The van der Waals surface area contributed by atoms with Crippen molar-refractivity contribution in [3.05, 3.63) is 28.7 Å². The van der Waals surface area contributed by atoms with E-state index in [0.717, 1.165) is 36.3 Å². The van der Waals surface area contributed by atoms with Gasteiger partial charge in [0.2, 0.25) is 0 Å². The van der Waals surface area contributed by atoms with E-state index >= 15 is 0 Å². The van der Waals surface area contributed by atoms with Gasteiger partial charge in [0.15, 0.2) is 11.9 Å². The summed E-state index contributed by atoms with van der Waals surface area (Å²) >= 11 is 3.37. The zero-order chi connectivity index (χ0) is 14.5. The molecule has 2 rings (SSSR count).